The number of fused-ring (bicyclic) bond motifs is 1. The molecule has 0 spiro atoms. The number of allylic oxidation sites excluding steroid dienone is 1. The van der Waals surface area contributed by atoms with Crippen molar-refractivity contribution in [1.29, 1.82) is 0 Å². The van der Waals surface area contributed by atoms with Gasteiger partial charge in [-0.3, -0.25) is 4.79 Å². The van der Waals surface area contributed by atoms with Crippen LogP contribution >= 0.6 is 11.6 Å². The quantitative estimate of drug-likeness (QED) is 0.870. The second-order valence-corrected chi connectivity index (χ2v) is 5.27. The molecular formula is C17H11ClO5. The van der Waals surface area contributed by atoms with Crippen LogP contribution in [0.1, 0.15) is 15.9 Å². The van der Waals surface area contributed by atoms with Crippen LogP contribution in [0, 0.1) is 0 Å². The molecule has 1 N–H and O–H groups in total. The molecule has 0 saturated heterocycles. The van der Waals surface area contributed by atoms with E-state index in [4.69, 9.17) is 26.2 Å². The standard InChI is InChI=1S/C17H11ClO5/c18-11-3-1-2-10(6-11)7-15-17(21)13-5-4-12(8-14(13)23-15)22-9-16(19)20/h1-8H,9H2,(H,19,20)/b15-7-. The summed E-state index contributed by atoms with van der Waals surface area (Å²) in [6.07, 6.45) is 1.60. The van der Waals surface area contributed by atoms with Crippen LogP contribution in [0.25, 0.3) is 6.08 Å². The number of carbonyl (C=O) groups excluding carboxylic acids is 1. The minimum atomic E-state index is -1.08. The zero-order valence-corrected chi connectivity index (χ0v) is 12.5. The summed E-state index contributed by atoms with van der Waals surface area (Å²) < 4.78 is 10.6. The average molecular weight is 331 g/mol. The number of rotatable bonds is 4. The Kier molecular flexibility index (Phi) is 4.04. The maximum atomic E-state index is 12.3. The Hall–Kier alpha value is -2.79. The predicted octanol–water partition coefficient (Wildman–Crippen LogP) is 3.42. The molecule has 0 unspecified atom stereocenters. The normalized spacial score (nSPS) is 14.5. The van der Waals surface area contributed by atoms with Crippen LogP contribution in [0.3, 0.4) is 0 Å². The molecule has 1 aliphatic heterocycles. The molecule has 2 aromatic carbocycles. The van der Waals surface area contributed by atoms with Gasteiger partial charge in [0.15, 0.2) is 12.4 Å². The van der Waals surface area contributed by atoms with Gasteiger partial charge in [-0.1, -0.05) is 23.7 Å². The molecule has 0 radical (unpaired) electrons. The first-order chi connectivity index (χ1) is 11.0. The van der Waals surface area contributed by atoms with Crippen molar-refractivity contribution >= 4 is 29.4 Å². The molecule has 0 bridgehead atoms. The molecule has 1 heterocycles. The van der Waals surface area contributed by atoms with Gasteiger partial charge in [-0.2, -0.15) is 0 Å². The summed E-state index contributed by atoms with van der Waals surface area (Å²) in [4.78, 5) is 22.8. The van der Waals surface area contributed by atoms with Gasteiger partial charge in [0.05, 0.1) is 5.56 Å². The molecule has 0 saturated carbocycles. The van der Waals surface area contributed by atoms with Crippen molar-refractivity contribution in [3.05, 3.63) is 64.4 Å². The molecule has 0 aromatic heterocycles. The molecule has 0 atom stereocenters. The van der Waals surface area contributed by atoms with Crippen molar-refractivity contribution in [2.24, 2.45) is 0 Å². The first-order valence-corrected chi connectivity index (χ1v) is 7.09. The number of halogens is 1. The van der Waals surface area contributed by atoms with Crippen LogP contribution in [0.5, 0.6) is 11.5 Å². The molecule has 5 nitrogen and oxygen atoms in total. The smallest absolute Gasteiger partial charge is 0.341 e. The Bertz CT molecular complexity index is 825. The highest BCUT2D eigenvalue weighted by Gasteiger charge is 2.27. The molecule has 0 amide bonds. The number of ketones is 1. The van der Waals surface area contributed by atoms with Crippen molar-refractivity contribution in [2.75, 3.05) is 6.61 Å². The largest absolute Gasteiger partial charge is 0.482 e. The van der Waals surface area contributed by atoms with Crippen molar-refractivity contribution < 1.29 is 24.2 Å². The highest BCUT2D eigenvalue weighted by atomic mass is 35.5. The van der Waals surface area contributed by atoms with Crippen molar-refractivity contribution in [3.8, 4) is 11.5 Å². The summed E-state index contributed by atoms with van der Waals surface area (Å²) in [7, 11) is 0. The Morgan fingerprint density at radius 2 is 2.09 bits per heavy atom. The van der Waals surface area contributed by atoms with Crippen LogP contribution in [0.2, 0.25) is 5.02 Å². The summed E-state index contributed by atoms with van der Waals surface area (Å²) >= 11 is 5.92. The monoisotopic (exact) mass is 330 g/mol. The lowest BCUT2D eigenvalue weighted by Crippen LogP contribution is -2.09. The fraction of sp³-hybridized carbons (Fsp3) is 0.0588. The lowest BCUT2D eigenvalue weighted by molar-refractivity contribution is -0.139. The zero-order chi connectivity index (χ0) is 16.4. The number of carboxylic acid groups (broad SMARTS) is 1. The van der Waals surface area contributed by atoms with E-state index in [1.165, 1.54) is 12.1 Å². The molecule has 1 aliphatic rings. The summed E-state index contributed by atoms with van der Waals surface area (Å²) in [5, 5.41) is 9.17. The van der Waals surface area contributed by atoms with Gasteiger partial charge in [0.1, 0.15) is 11.5 Å². The lowest BCUT2D eigenvalue weighted by atomic mass is 10.1. The fourth-order valence-electron chi connectivity index (χ4n) is 2.15. The molecule has 0 fully saturated rings. The first kappa shape index (κ1) is 15.1. The Balaban J connectivity index is 1.85. The van der Waals surface area contributed by atoms with Gasteiger partial charge in [0, 0.05) is 11.1 Å². The minimum Gasteiger partial charge on any atom is -0.482 e. The van der Waals surface area contributed by atoms with Crippen LogP contribution in [-0.2, 0) is 4.79 Å². The first-order valence-electron chi connectivity index (χ1n) is 6.71. The van der Waals surface area contributed by atoms with E-state index < -0.39 is 12.6 Å². The highest BCUT2D eigenvalue weighted by molar-refractivity contribution is 6.30. The van der Waals surface area contributed by atoms with Crippen LogP contribution < -0.4 is 9.47 Å². The topological polar surface area (TPSA) is 72.8 Å². The van der Waals surface area contributed by atoms with Crippen LogP contribution in [-0.4, -0.2) is 23.5 Å². The Morgan fingerprint density at radius 1 is 1.26 bits per heavy atom. The van der Waals surface area contributed by atoms with Gasteiger partial charge in [0.2, 0.25) is 5.78 Å². The molecular weight excluding hydrogens is 320 g/mol. The molecule has 23 heavy (non-hydrogen) atoms. The summed E-state index contributed by atoms with van der Waals surface area (Å²) in [5.74, 6) is -0.486. The van der Waals surface area contributed by atoms with E-state index in [2.05, 4.69) is 0 Å². The maximum absolute atomic E-state index is 12.3. The highest BCUT2D eigenvalue weighted by Crippen LogP contribution is 2.35. The molecule has 2 aromatic rings. The van der Waals surface area contributed by atoms with E-state index in [1.807, 2.05) is 0 Å². The van der Waals surface area contributed by atoms with Gasteiger partial charge in [-0.25, -0.2) is 4.79 Å². The van der Waals surface area contributed by atoms with Gasteiger partial charge < -0.3 is 14.6 Å². The van der Waals surface area contributed by atoms with Crippen LogP contribution in [0.15, 0.2) is 48.2 Å². The minimum absolute atomic E-state index is 0.178. The number of hydrogen-bond acceptors (Lipinski definition) is 4. The number of Topliss-reactive ketones (excluding diaryl/α,β-unsaturated/α-hetero) is 1. The fourth-order valence-corrected chi connectivity index (χ4v) is 2.35. The van der Waals surface area contributed by atoms with Crippen molar-refractivity contribution in [3.63, 3.8) is 0 Å². The number of carboxylic acids is 1. The summed E-state index contributed by atoms with van der Waals surface area (Å²) in [6.45, 7) is -0.460. The SMILES string of the molecule is O=C(O)COc1ccc2c(c1)O/C(=C\c1cccc(Cl)c1)C2=O. The van der Waals surface area contributed by atoms with Gasteiger partial charge in [-0.05, 0) is 35.9 Å². The van der Waals surface area contributed by atoms with Crippen LogP contribution in [0.4, 0.5) is 0 Å². The number of hydrogen-bond donors (Lipinski definition) is 1. The lowest BCUT2D eigenvalue weighted by Gasteiger charge is -2.04. The maximum Gasteiger partial charge on any atom is 0.341 e. The van der Waals surface area contributed by atoms with Gasteiger partial charge in [-0.15, -0.1) is 0 Å². The second kappa shape index (κ2) is 6.14. The molecule has 3 rings (SSSR count). The number of carbonyl (C=O) groups is 2. The zero-order valence-electron chi connectivity index (χ0n) is 11.8. The Labute approximate surface area is 136 Å². The predicted molar refractivity (Wildman–Crippen MR) is 84.0 cm³/mol. The third kappa shape index (κ3) is 3.35. The van der Waals surface area contributed by atoms with Crippen molar-refractivity contribution in [2.45, 2.75) is 0 Å². The molecule has 0 aliphatic carbocycles. The van der Waals surface area contributed by atoms with E-state index in [-0.39, 0.29) is 11.5 Å². The third-order valence-corrected chi connectivity index (χ3v) is 3.39. The number of ether oxygens (including phenoxy) is 2. The second-order valence-electron chi connectivity index (χ2n) is 4.84. The van der Waals surface area contributed by atoms with E-state index in [0.717, 1.165) is 5.56 Å². The van der Waals surface area contributed by atoms with Crippen molar-refractivity contribution in [1.82, 2.24) is 0 Å². The average Bonchev–Trinajstić information content (AvgIpc) is 2.81. The number of benzene rings is 2. The van der Waals surface area contributed by atoms with E-state index in [9.17, 15) is 9.59 Å². The molecule has 6 heteroatoms. The van der Waals surface area contributed by atoms with E-state index >= 15 is 0 Å². The van der Waals surface area contributed by atoms with E-state index in [0.29, 0.717) is 22.1 Å². The third-order valence-electron chi connectivity index (χ3n) is 3.15. The number of aliphatic carboxylic acids is 1. The van der Waals surface area contributed by atoms with Gasteiger partial charge in [0.25, 0.3) is 0 Å². The van der Waals surface area contributed by atoms with Gasteiger partial charge >= 0.3 is 5.97 Å². The Morgan fingerprint density at radius 3 is 2.83 bits per heavy atom. The molecule has 116 valence electrons. The van der Waals surface area contributed by atoms with E-state index in [1.54, 1.807) is 36.4 Å². The summed E-state index contributed by atoms with van der Waals surface area (Å²) in [5.41, 5.74) is 1.15. The summed E-state index contributed by atoms with van der Waals surface area (Å²) in [6, 6.07) is 11.6.